The fourth-order valence-electron chi connectivity index (χ4n) is 0.843. The summed E-state index contributed by atoms with van der Waals surface area (Å²) in [6.07, 6.45) is 2.75. The van der Waals surface area contributed by atoms with Gasteiger partial charge in [-0.2, -0.15) is 5.26 Å². The first-order valence-electron chi connectivity index (χ1n) is 4.34. The number of hydrogen-bond acceptors (Lipinski definition) is 3. The zero-order valence-electron chi connectivity index (χ0n) is 8.19. The number of hydrogen-bond donors (Lipinski definition) is 0. The van der Waals surface area contributed by atoms with Crippen LogP contribution in [0, 0.1) is 11.3 Å². The Hall–Kier alpha value is -1.82. The van der Waals surface area contributed by atoms with Crippen LogP contribution in [0.4, 0.5) is 0 Å². The van der Waals surface area contributed by atoms with Gasteiger partial charge in [-0.25, -0.2) is 0 Å². The van der Waals surface area contributed by atoms with Gasteiger partial charge in [-0.15, -0.1) is 0 Å². The van der Waals surface area contributed by atoms with Crippen LogP contribution >= 0.6 is 0 Å². The third-order valence-electron chi connectivity index (χ3n) is 1.43. The van der Waals surface area contributed by atoms with Gasteiger partial charge in [0.05, 0.1) is 11.6 Å². The van der Waals surface area contributed by atoms with E-state index in [1.165, 1.54) is 0 Å². The molecule has 1 aromatic carbocycles. The predicted octanol–water partition coefficient (Wildman–Crippen LogP) is 2.19. The molecule has 0 bridgehead atoms. The minimum Gasteiger partial charge on any atom is -0.393 e. The fraction of sp³-hybridized carbons (Fsp3) is 0.273. The summed E-state index contributed by atoms with van der Waals surface area (Å²) in [5, 5.41) is 12.3. The number of nitriles is 1. The highest BCUT2D eigenvalue weighted by Crippen LogP contribution is 2.01. The maximum absolute atomic E-state index is 8.64. The first-order chi connectivity index (χ1) is 6.72. The van der Waals surface area contributed by atoms with E-state index < -0.39 is 0 Å². The third kappa shape index (κ3) is 3.28. The zero-order valence-corrected chi connectivity index (χ0v) is 8.19. The monoisotopic (exact) mass is 187 g/mol. The molecule has 0 aromatic heterocycles. The first-order valence-corrected chi connectivity index (χ1v) is 4.34. The molecule has 0 aliphatic heterocycles. The third-order valence-corrected chi connectivity index (χ3v) is 1.43. The van der Waals surface area contributed by atoms with Crippen LogP contribution in [0.3, 0.4) is 0 Å². The summed E-state index contributed by atoms with van der Waals surface area (Å²) in [6, 6.07) is 9.07. The summed E-state index contributed by atoms with van der Waals surface area (Å²) in [4.78, 5) is 4.95. The lowest BCUT2D eigenvalue weighted by Gasteiger charge is -1.99. The summed E-state index contributed by atoms with van der Waals surface area (Å²) >= 11 is 0. The molecule has 0 atom stereocenters. The summed E-state index contributed by atoms with van der Waals surface area (Å²) < 4.78 is 0. The van der Waals surface area contributed by atoms with Crippen LogP contribution in [0.5, 0.6) is 0 Å². The van der Waals surface area contributed by atoms with Crippen molar-refractivity contribution in [3.63, 3.8) is 0 Å². The second-order valence-corrected chi connectivity index (χ2v) is 3.05. The van der Waals surface area contributed by atoms with Crippen molar-refractivity contribution in [2.75, 3.05) is 0 Å². The van der Waals surface area contributed by atoms with E-state index in [4.69, 9.17) is 10.1 Å². The normalized spacial score (nSPS) is 10.4. The maximum Gasteiger partial charge on any atom is 0.139 e. The van der Waals surface area contributed by atoms with E-state index in [2.05, 4.69) is 11.4 Å². The van der Waals surface area contributed by atoms with Crippen molar-refractivity contribution in [1.82, 2.24) is 0 Å². The summed E-state index contributed by atoms with van der Waals surface area (Å²) in [5.41, 5.74) is 1.33. The van der Waals surface area contributed by atoms with Crippen LogP contribution in [0.2, 0.25) is 0 Å². The van der Waals surface area contributed by atoms with E-state index in [1.54, 1.807) is 18.2 Å². The molecule has 14 heavy (non-hydrogen) atoms. The first kappa shape index (κ1) is 10.3. The Morgan fingerprint density at radius 2 is 2.07 bits per heavy atom. The minimum absolute atomic E-state index is 0.0432. The molecule has 0 saturated heterocycles. The lowest BCUT2D eigenvalue weighted by molar-refractivity contribution is 0.0874. The average molecular weight is 187 g/mol. The van der Waals surface area contributed by atoms with Gasteiger partial charge in [-0.05, 0) is 26.0 Å². The number of nitrogens with zero attached hydrogens (tertiary/aromatic N) is 2. The van der Waals surface area contributed by atoms with Crippen molar-refractivity contribution in [2.24, 2.45) is 5.16 Å². The predicted molar refractivity (Wildman–Crippen MR) is 53.9 cm³/mol. The minimum atomic E-state index is 0.0432. The van der Waals surface area contributed by atoms with Gasteiger partial charge < -0.3 is 4.84 Å². The van der Waals surface area contributed by atoms with E-state index in [0.717, 1.165) is 5.56 Å². The number of rotatable bonds is 3. The Morgan fingerprint density at radius 3 is 2.71 bits per heavy atom. The SMILES string of the molecule is CC(C)O/N=[C]/c1cccc(C#N)c1. The Bertz CT molecular complexity index is 364. The van der Waals surface area contributed by atoms with E-state index in [0.29, 0.717) is 5.56 Å². The molecule has 0 aliphatic carbocycles. The van der Waals surface area contributed by atoms with E-state index >= 15 is 0 Å². The van der Waals surface area contributed by atoms with Gasteiger partial charge in [0.1, 0.15) is 12.3 Å². The van der Waals surface area contributed by atoms with E-state index in [1.807, 2.05) is 26.0 Å². The van der Waals surface area contributed by atoms with Crippen molar-refractivity contribution in [1.29, 1.82) is 5.26 Å². The Balaban J connectivity index is 2.68. The molecule has 0 aliphatic rings. The highest BCUT2D eigenvalue weighted by molar-refractivity contribution is 5.79. The Labute approximate surface area is 83.6 Å². The van der Waals surface area contributed by atoms with Gasteiger partial charge in [-0.1, -0.05) is 17.3 Å². The molecule has 71 valence electrons. The molecule has 0 fully saturated rings. The molecule has 0 heterocycles. The lowest BCUT2D eigenvalue weighted by Crippen LogP contribution is -1.96. The molecule has 0 unspecified atom stereocenters. The van der Waals surface area contributed by atoms with Crippen molar-refractivity contribution < 1.29 is 4.84 Å². The second-order valence-electron chi connectivity index (χ2n) is 3.05. The summed E-state index contributed by atoms with van der Waals surface area (Å²) in [5.74, 6) is 0. The van der Waals surface area contributed by atoms with Gasteiger partial charge in [-0.3, -0.25) is 0 Å². The van der Waals surface area contributed by atoms with Crippen LogP contribution < -0.4 is 0 Å². The van der Waals surface area contributed by atoms with Crippen LogP contribution in [0.1, 0.15) is 25.0 Å². The molecule has 0 amide bonds. The Morgan fingerprint density at radius 1 is 1.36 bits per heavy atom. The summed E-state index contributed by atoms with van der Waals surface area (Å²) in [6.45, 7) is 3.77. The fourth-order valence-corrected chi connectivity index (χ4v) is 0.843. The van der Waals surface area contributed by atoms with Gasteiger partial charge in [0, 0.05) is 5.56 Å². The topological polar surface area (TPSA) is 45.4 Å². The van der Waals surface area contributed by atoms with Gasteiger partial charge in [0.15, 0.2) is 0 Å². The van der Waals surface area contributed by atoms with Crippen molar-refractivity contribution in [3.05, 3.63) is 35.4 Å². The zero-order chi connectivity index (χ0) is 10.4. The van der Waals surface area contributed by atoms with Crippen molar-refractivity contribution in [2.45, 2.75) is 20.0 Å². The van der Waals surface area contributed by atoms with Crippen LogP contribution in [0.25, 0.3) is 0 Å². The van der Waals surface area contributed by atoms with E-state index in [-0.39, 0.29) is 6.10 Å². The largest absolute Gasteiger partial charge is 0.393 e. The van der Waals surface area contributed by atoms with Crippen molar-refractivity contribution >= 4 is 6.21 Å². The lowest BCUT2D eigenvalue weighted by atomic mass is 10.1. The van der Waals surface area contributed by atoms with Crippen molar-refractivity contribution in [3.8, 4) is 6.07 Å². The van der Waals surface area contributed by atoms with Crippen LogP contribution in [0.15, 0.2) is 29.4 Å². The molecule has 0 saturated carbocycles. The van der Waals surface area contributed by atoms with Gasteiger partial charge in [0.2, 0.25) is 0 Å². The van der Waals surface area contributed by atoms with Gasteiger partial charge >= 0.3 is 0 Å². The molecule has 1 aromatic rings. The van der Waals surface area contributed by atoms with E-state index in [9.17, 15) is 0 Å². The maximum atomic E-state index is 8.64. The van der Waals surface area contributed by atoms with Gasteiger partial charge in [0.25, 0.3) is 0 Å². The second kappa shape index (κ2) is 5.03. The molecular formula is C11H11N2O. The molecule has 1 rings (SSSR count). The molecule has 0 N–H and O–H groups in total. The quantitative estimate of drug-likeness (QED) is 0.538. The highest BCUT2D eigenvalue weighted by atomic mass is 16.6. The summed E-state index contributed by atoms with van der Waals surface area (Å²) in [7, 11) is 0. The highest BCUT2D eigenvalue weighted by Gasteiger charge is 1.93. The molecule has 3 heteroatoms. The smallest absolute Gasteiger partial charge is 0.139 e. The van der Waals surface area contributed by atoms with Crippen LogP contribution in [-0.2, 0) is 4.84 Å². The molecule has 3 nitrogen and oxygen atoms in total. The van der Waals surface area contributed by atoms with Crippen LogP contribution in [-0.4, -0.2) is 12.3 Å². The standard InChI is InChI=1S/C11H11N2O/c1-9(2)14-13-8-11-5-3-4-10(6-11)7-12/h3-6,9H,1-2H3. The number of benzene rings is 1. The molecule has 0 spiro atoms. The average Bonchev–Trinajstić information content (AvgIpc) is 2.18. The molecule has 1 radical (unpaired) electrons. The molecular weight excluding hydrogens is 176 g/mol. The Kier molecular flexibility index (Phi) is 3.69.